The molecule has 0 bridgehead atoms. The number of nitrogens with one attached hydrogen (secondary N) is 1. The summed E-state index contributed by atoms with van der Waals surface area (Å²) in [5.74, 6) is 2.00. The fourth-order valence-electron chi connectivity index (χ4n) is 3.52. The molecule has 2 N–H and O–H groups in total. The Morgan fingerprint density at radius 2 is 2.00 bits per heavy atom. The predicted molar refractivity (Wildman–Crippen MR) is 102 cm³/mol. The summed E-state index contributed by atoms with van der Waals surface area (Å²) in [6.45, 7) is 10.6. The van der Waals surface area contributed by atoms with Crippen molar-refractivity contribution in [1.82, 2.24) is 9.97 Å². The van der Waals surface area contributed by atoms with Gasteiger partial charge in [0, 0.05) is 24.6 Å². The smallest absolute Gasteiger partial charge is 0.134 e. The maximum Gasteiger partial charge on any atom is 0.134 e. The lowest BCUT2D eigenvalue weighted by Gasteiger charge is -2.40. The monoisotopic (exact) mass is 340 g/mol. The van der Waals surface area contributed by atoms with E-state index in [9.17, 15) is 5.11 Å². The average molecular weight is 340 g/mol. The van der Waals surface area contributed by atoms with E-state index in [2.05, 4.69) is 72.1 Å². The molecule has 2 heterocycles. The number of aromatic nitrogens is 2. The number of aliphatic hydroxyl groups is 1. The number of rotatable bonds is 5. The van der Waals surface area contributed by atoms with Gasteiger partial charge in [-0.3, -0.25) is 0 Å². The Morgan fingerprint density at radius 1 is 1.24 bits per heavy atom. The Labute approximate surface area is 150 Å². The standard InChI is InChI=1S/C20H28N4O/c1-14(2)17(11-25)23-18-9-19(22-13-21-18)24-10-15-7-5-6-8-16(15)20(3,4)12-24/h5-9,13-14,17,25H,10-12H2,1-4H3,(H,21,22,23)/t17-/m0/s1. The summed E-state index contributed by atoms with van der Waals surface area (Å²) in [6.07, 6.45) is 1.60. The molecule has 0 saturated heterocycles. The fraction of sp³-hybridized carbons (Fsp3) is 0.500. The molecule has 134 valence electrons. The van der Waals surface area contributed by atoms with Crippen molar-refractivity contribution in [1.29, 1.82) is 0 Å². The van der Waals surface area contributed by atoms with E-state index in [1.54, 1.807) is 6.33 Å². The van der Waals surface area contributed by atoms with Crippen LogP contribution in [0.2, 0.25) is 0 Å². The number of aliphatic hydroxyl groups excluding tert-OH is 1. The van der Waals surface area contributed by atoms with Crippen LogP contribution in [0.4, 0.5) is 11.6 Å². The highest BCUT2D eigenvalue weighted by Crippen LogP contribution is 2.35. The fourth-order valence-corrected chi connectivity index (χ4v) is 3.52. The molecular weight excluding hydrogens is 312 g/mol. The Hall–Kier alpha value is -2.14. The Bertz CT molecular complexity index is 729. The van der Waals surface area contributed by atoms with Gasteiger partial charge in [0.15, 0.2) is 0 Å². The van der Waals surface area contributed by atoms with Crippen LogP contribution in [-0.2, 0) is 12.0 Å². The van der Waals surface area contributed by atoms with Crippen molar-refractivity contribution < 1.29 is 5.11 Å². The normalized spacial score (nSPS) is 17.3. The number of hydrogen-bond donors (Lipinski definition) is 2. The van der Waals surface area contributed by atoms with Crippen molar-refractivity contribution in [2.24, 2.45) is 5.92 Å². The van der Waals surface area contributed by atoms with Crippen molar-refractivity contribution >= 4 is 11.6 Å². The van der Waals surface area contributed by atoms with Gasteiger partial charge in [0.05, 0.1) is 12.6 Å². The summed E-state index contributed by atoms with van der Waals surface area (Å²) in [5.41, 5.74) is 2.83. The van der Waals surface area contributed by atoms with Gasteiger partial charge in [-0.15, -0.1) is 0 Å². The van der Waals surface area contributed by atoms with Crippen molar-refractivity contribution in [3.05, 3.63) is 47.8 Å². The second kappa shape index (κ2) is 7.00. The van der Waals surface area contributed by atoms with Crippen LogP contribution in [0.25, 0.3) is 0 Å². The third kappa shape index (κ3) is 3.76. The summed E-state index contributed by atoms with van der Waals surface area (Å²) in [6, 6.07) is 10.6. The first-order valence-electron chi connectivity index (χ1n) is 8.93. The quantitative estimate of drug-likeness (QED) is 0.875. The van der Waals surface area contributed by atoms with Gasteiger partial charge in [0.1, 0.15) is 18.0 Å². The number of hydrogen-bond acceptors (Lipinski definition) is 5. The van der Waals surface area contributed by atoms with Crippen LogP contribution >= 0.6 is 0 Å². The molecule has 3 rings (SSSR count). The third-order valence-corrected chi connectivity index (χ3v) is 5.01. The molecule has 5 nitrogen and oxygen atoms in total. The Kier molecular flexibility index (Phi) is 4.95. The molecule has 1 aliphatic heterocycles. The minimum Gasteiger partial charge on any atom is -0.394 e. The summed E-state index contributed by atoms with van der Waals surface area (Å²) in [7, 11) is 0. The van der Waals surface area contributed by atoms with Gasteiger partial charge < -0.3 is 15.3 Å². The molecule has 2 aromatic rings. The zero-order valence-electron chi connectivity index (χ0n) is 15.5. The van der Waals surface area contributed by atoms with Crippen molar-refractivity contribution in [3.63, 3.8) is 0 Å². The Morgan fingerprint density at radius 3 is 2.72 bits per heavy atom. The summed E-state index contributed by atoms with van der Waals surface area (Å²) in [4.78, 5) is 11.1. The minimum atomic E-state index is -0.0127. The van der Waals surface area contributed by atoms with Crippen LogP contribution in [0.3, 0.4) is 0 Å². The van der Waals surface area contributed by atoms with Gasteiger partial charge in [-0.2, -0.15) is 0 Å². The lowest BCUT2D eigenvalue weighted by Crippen LogP contribution is -2.42. The van der Waals surface area contributed by atoms with Crippen molar-refractivity contribution in [2.45, 2.75) is 45.7 Å². The summed E-state index contributed by atoms with van der Waals surface area (Å²) >= 11 is 0. The molecule has 0 radical (unpaired) electrons. The van der Waals surface area contributed by atoms with Crippen LogP contribution in [0.5, 0.6) is 0 Å². The van der Waals surface area contributed by atoms with Gasteiger partial charge in [0.2, 0.25) is 0 Å². The molecular formula is C20H28N4O. The van der Waals surface area contributed by atoms with Crippen molar-refractivity contribution in [2.75, 3.05) is 23.4 Å². The molecule has 0 amide bonds. The van der Waals surface area contributed by atoms with Crippen LogP contribution in [-0.4, -0.2) is 34.3 Å². The Balaban J connectivity index is 1.85. The highest BCUT2D eigenvalue weighted by atomic mass is 16.3. The molecule has 0 fully saturated rings. The van der Waals surface area contributed by atoms with E-state index in [-0.39, 0.29) is 18.1 Å². The van der Waals surface area contributed by atoms with E-state index in [4.69, 9.17) is 0 Å². The number of anilines is 2. The first-order valence-corrected chi connectivity index (χ1v) is 8.93. The van der Waals surface area contributed by atoms with Gasteiger partial charge in [-0.25, -0.2) is 9.97 Å². The highest BCUT2D eigenvalue weighted by molar-refractivity contribution is 5.52. The lowest BCUT2D eigenvalue weighted by molar-refractivity contribution is 0.249. The highest BCUT2D eigenvalue weighted by Gasteiger charge is 2.32. The molecule has 1 atom stereocenters. The van der Waals surface area contributed by atoms with Crippen LogP contribution < -0.4 is 10.2 Å². The lowest BCUT2D eigenvalue weighted by atomic mass is 9.78. The second-order valence-electron chi connectivity index (χ2n) is 7.84. The van der Waals surface area contributed by atoms with Crippen LogP contribution in [0.1, 0.15) is 38.8 Å². The van der Waals surface area contributed by atoms with Crippen LogP contribution in [0.15, 0.2) is 36.7 Å². The largest absolute Gasteiger partial charge is 0.394 e. The molecule has 1 aromatic heterocycles. The second-order valence-corrected chi connectivity index (χ2v) is 7.84. The van der Waals surface area contributed by atoms with Crippen LogP contribution in [0, 0.1) is 5.92 Å². The van der Waals surface area contributed by atoms with E-state index in [0.717, 1.165) is 24.7 Å². The van der Waals surface area contributed by atoms with Gasteiger partial charge >= 0.3 is 0 Å². The predicted octanol–water partition coefficient (Wildman–Crippen LogP) is 3.20. The van der Waals surface area contributed by atoms with Crippen molar-refractivity contribution in [3.8, 4) is 0 Å². The van der Waals surface area contributed by atoms with E-state index in [1.165, 1.54) is 11.1 Å². The van der Waals surface area contributed by atoms with E-state index >= 15 is 0 Å². The van der Waals surface area contributed by atoms with Gasteiger partial charge in [0.25, 0.3) is 0 Å². The number of benzene rings is 1. The zero-order chi connectivity index (χ0) is 18.0. The molecule has 5 heteroatoms. The summed E-state index contributed by atoms with van der Waals surface area (Å²) < 4.78 is 0. The van der Waals surface area contributed by atoms with E-state index in [1.807, 2.05) is 6.07 Å². The molecule has 0 spiro atoms. The molecule has 25 heavy (non-hydrogen) atoms. The molecule has 0 saturated carbocycles. The van der Waals surface area contributed by atoms with E-state index < -0.39 is 0 Å². The molecule has 0 unspecified atom stereocenters. The number of fused-ring (bicyclic) bond motifs is 1. The SMILES string of the molecule is CC(C)[C@H](CO)Nc1cc(N2Cc3ccccc3C(C)(C)C2)ncn1. The summed E-state index contributed by atoms with van der Waals surface area (Å²) in [5, 5.41) is 12.9. The van der Waals surface area contributed by atoms with Gasteiger partial charge in [-0.1, -0.05) is 52.0 Å². The van der Waals surface area contributed by atoms with E-state index in [0.29, 0.717) is 5.92 Å². The molecule has 1 aromatic carbocycles. The maximum absolute atomic E-state index is 9.54. The zero-order valence-corrected chi connectivity index (χ0v) is 15.5. The third-order valence-electron chi connectivity index (χ3n) is 5.01. The molecule has 0 aliphatic carbocycles. The van der Waals surface area contributed by atoms with Gasteiger partial charge in [-0.05, 0) is 17.0 Å². The maximum atomic E-state index is 9.54. The number of nitrogens with zero attached hydrogens (tertiary/aromatic N) is 3. The minimum absolute atomic E-state index is 0.0127. The average Bonchev–Trinajstić information content (AvgIpc) is 2.59. The first-order chi connectivity index (χ1) is 11.9. The molecule has 1 aliphatic rings. The topological polar surface area (TPSA) is 61.3 Å². The first kappa shape index (κ1) is 17.7.